The quantitative estimate of drug-likeness (QED) is 0.235. The molecule has 1 radical (unpaired) electrons. The molecular formula is C21H43OSi. The molecule has 1 unspecified atom stereocenters. The van der Waals surface area contributed by atoms with E-state index in [-0.39, 0.29) is 0 Å². The maximum Gasteiger partial charge on any atom is 0.205 e. The Hall–Kier alpha value is 0.177. The minimum absolute atomic E-state index is 0.543. The smallest absolute Gasteiger partial charge is 0.205 e. The zero-order valence-corrected chi connectivity index (χ0v) is 17.4. The maximum atomic E-state index is 6.37. The van der Waals surface area contributed by atoms with E-state index < -0.39 is 9.04 Å². The first kappa shape index (κ1) is 21.2. The van der Waals surface area contributed by atoms with Crippen LogP contribution in [0, 0.1) is 5.92 Å². The van der Waals surface area contributed by atoms with Crippen LogP contribution in [0.15, 0.2) is 0 Å². The van der Waals surface area contributed by atoms with E-state index in [1.807, 2.05) is 0 Å². The third-order valence-corrected chi connectivity index (χ3v) is 6.18. The SMILES string of the molecule is CCCCCCCCCCCCC(O[Si](C)C)C1CCCCC1. The van der Waals surface area contributed by atoms with Crippen LogP contribution in [0.4, 0.5) is 0 Å². The Bertz CT molecular complexity index is 248. The fourth-order valence-corrected chi connectivity index (χ4v) is 4.95. The van der Waals surface area contributed by atoms with Crippen LogP contribution in [0.1, 0.15) is 110 Å². The molecule has 0 amide bonds. The van der Waals surface area contributed by atoms with Crippen molar-refractivity contribution in [3.8, 4) is 0 Å². The van der Waals surface area contributed by atoms with Gasteiger partial charge in [-0.25, -0.2) is 0 Å². The molecule has 0 heterocycles. The highest BCUT2D eigenvalue weighted by Crippen LogP contribution is 2.31. The first-order valence-corrected chi connectivity index (χ1v) is 13.1. The molecule has 0 aromatic carbocycles. The first-order chi connectivity index (χ1) is 11.2. The summed E-state index contributed by atoms with van der Waals surface area (Å²) in [6.07, 6.45) is 23.5. The summed E-state index contributed by atoms with van der Waals surface area (Å²) in [6, 6.07) is 0. The van der Waals surface area contributed by atoms with Gasteiger partial charge in [0.1, 0.15) is 0 Å². The second kappa shape index (κ2) is 14.5. The van der Waals surface area contributed by atoms with Crippen molar-refractivity contribution in [1.29, 1.82) is 0 Å². The monoisotopic (exact) mass is 339 g/mol. The molecule has 0 spiro atoms. The standard InChI is InChI=1S/C21H43OSi/c1-4-5-6-7-8-9-10-11-12-16-19-21(22-23(2)3)20-17-14-13-15-18-20/h20-21H,4-19H2,1-3H3. The fraction of sp³-hybridized carbons (Fsp3) is 1.00. The second-order valence-corrected chi connectivity index (χ2v) is 9.99. The average molecular weight is 340 g/mol. The van der Waals surface area contributed by atoms with Gasteiger partial charge in [0.25, 0.3) is 0 Å². The van der Waals surface area contributed by atoms with Crippen LogP contribution >= 0.6 is 0 Å². The van der Waals surface area contributed by atoms with Crippen molar-refractivity contribution < 1.29 is 4.43 Å². The van der Waals surface area contributed by atoms with Crippen molar-refractivity contribution in [2.45, 2.75) is 129 Å². The van der Waals surface area contributed by atoms with Crippen LogP contribution in [0.5, 0.6) is 0 Å². The Balaban J connectivity index is 2.03. The summed E-state index contributed by atoms with van der Waals surface area (Å²) >= 11 is 0. The molecule has 1 aliphatic carbocycles. The first-order valence-electron chi connectivity index (χ1n) is 10.7. The van der Waals surface area contributed by atoms with Crippen molar-refractivity contribution in [3.63, 3.8) is 0 Å². The van der Waals surface area contributed by atoms with Crippen molar-refractivity contribution in [1.82, 2.24) is 0 Å². The predicted octanol–water partition coefficient (Wildman–Crippen LogP) is 7.51. The van der Waals surface area contributed by atoms with Gasteiger partial charge >= 0.3 is 0 Å². The zero-order chi connectivity index (χ0) is 16.8. The van der Waals surface area contributed by atoms with Gasteiger partial charge in [0, 0.05) is 6.10 Å². The molecule has 1 nitrogen and oxygen atoms in total. The van der Waals surface area contributed by atoms with Crippen LogP contribution in [0.2, 0.25) is 13.1 Å². The van der Waals surface area contributed by atoms with E-state index >= 15 is 0 Å². The lowest BCUT2D eigenvalue weighted by atomic mass is 9.83. The molecule has 0 bridgehead atoms. The third-order valence-electron chi connectivity index (χ3n) is 5.40. The van der Waals surface area contributed by atoms with E-state index in [9.17, 15) is 0 Å². The highest BCUT2D eigenvalue weighted by Gasteiger charge is 2.24. The second-order valence-electron chi connectivity index (χ2n) is 7.93. The van der Waals surface area contributed by atoms with Gasteiger partial charge in [-0.15, -0.1) is 0 Å². The van der Waals surface area contributed by atoms with Gasteiger partial charge in [0.15, 0.2) is 0 Å². The number of unbranched alkanes of at least 4 members (excludes halogenated alkanes) is 9. The fourth-order valence-electron chi connectivity index (χ4n) is 4.03. The normalized spacial score (nSPS) is 17.7. The lowest BCUT2D eigenvalue weighted by Gasteiger charge is -2.31. The van der Waals surface area contributed by atoms with Gasteiger partial charge in [-0.2, -0.15) is 0 Å². The molecule has 1 aliphatic rings. The Morgan fingerprint density at radius 1 is 0.783 bits per heavy atom. The van der Waals surface area contributed by atoms with E-state index in [1.54, 1.807) is 0 Å². The summed E-state index contributed by atoms with van der Waals surface area (Å²) in [5.74, 6) is 0.877. The topological polar surface area (TPSA) is 9.23 Å². The largest absolute Gasteiger partial charge is 0.414 e. The molecule has 23 heavy (non-hydrogen) atoms. The molecule has 0 N–H and O–H groups in total. The van der Waals surface area contributed by atoms with E-state index in [0.29, 0.717) is 6.10 Å². The molecule has 0 aromatic rings. The van der Waals surface area contributed by atoms with E-state index in [1.165, 1.54) is 103 Å². The highest BCUT2D eigenvalue weighted by atomic mass is 28.3. The molecule has 1 rings (SSSR count). The van der Waals surface area contributed by atoms with E-state index in [2.05, 4.69) is 20.0 Å². The highest BCUT2D eigenvalue weighted by molar-refractivity contribution is 6.48. The molecule has 137 valence electrons. The number of hydrogen-bond donors (Lipinski definition) is 0. The van der Waals surface area contributed by atoms with Crippen molar-refractivity contribution in [3.05, 3.63) is 0 Å². The summed E-state index contributed by atoms with van der Waals surface area (Å²) in [7, 11) is -0.543. The Morgan fingerprint density at radius 2 is 1.30 bits per heavy atom. The molecule has 0 saturated heterocycles. The van der Waals surface area contributed by atoms with Gasteiger partial charge in [0.2, 0.25) is 9.04 Å². The molecule has 0 aromatic heterocycles. The Kier molecular flexibility index (Phi) is 13.4. The lowest BCUT2D eigenvalue weighted by molar-refractivity contribution is 0.0969. The minimum Gasteiger partial charge on any atom is -0.414 e. The van der Waals surface area contributed by atoms with Gasteiger partial charge in [-0.05, 0) is 38.3 Å². The summed E-state index contributed by atoms with van der Waals surface area (Å²) in [5, 5.41) is 0. The van der Waals surface area contributed by atoms with Gasteiger partial charge in [-0.3, -0.25) is 0 Å². The lowest BCUT2D eigenvalue weighted by Crippen LogP contribution is -2.30. The van der Waals surface area contributed by atoms with Gasteiger partial charge in [0.05, 0.1) is 0 Å². The van der Waals surface area contributed by atoms with Crippen LogP contribution in [0.25, 0.3) is 0 Å². The number of rotatable bonds is 14. The molecule has 1 fully saturated rings. The van der Waals surface area contributed by atoms with Gasteiger partial charge in [-0.1, -0.05) is 90.4 Å². The Labute approximate surface area is 148 Å². The van der Waals surface area contributed by atoms with Crippen molar-refractivity contribution in [2.75, 3.05) is 0 Å². The third kappa shape index (κ3) is 11.4. The molecule has 1 saturated carbocycles. The summed E-state index contributed by atoms with van der Waals surface area (Å²) < 4.78 is 6.37. The summed E-state index contributed by atoms with van der Waals surface area (Å²) in [4.78, 5) is 0. The van der Waals surface area contributed by atoms with Crippen LogP contribution in [0.3, 0.4) is 0 Å². The van der Waals surface area contributed by atoms with E-state index in [0.717, 1.165) is 5.92 Å². The zero-order valence-electron chi connectivity index (χ0n) is 16.4. The van der Waals surface area contributed by atoms with Crippen molar-refractivity contribution in [2.24, 2.45) is 5.92 Å². The molecular weight excluding hydrogens is 296 g/mol. The molecule has 2 heteroatoms. The van der Waals surface area contributed by atoms with Crippen LogP contribution in [-0.4, -0.2) is 15.1 Å². The predicted molar refractivity (Wildman–Crippen MR) is 105 cm³/mol. The maximum absolute atomic E-state index is 6.37. The van der Waals surface area contributed by atoms with E-state index in [4.69, 9.17) is 4.43 Å². The van der Waals surface area contributed by atoms with Crippen LogP contribution < -0.4 is 0 Å². The van der Waals surface area contributed by atoms with Gasteiger partial charge < -0.3 is 4.43 Å². The minimum atomic E-state index is -0.543. The van der Waals surface area contributed by atoms with Crippen LogP contribution in [-0.2, 0) is 4.43 Å². The molecule has 1 atom stereocenters. The summed E-state index contributed by atoms with van der Waals surface area (Å²) in [6.45, 7) is 6.91. The Morgan fingerprint density at radius 3 is 1.83 bits per heavy atom. The molecule has 0 aliphatic heterocycles. The summed E-state index contributed by atoms with van der Waals surface area (Å²) in [5.41, 5.74) is 0. The number of hydrogen-bond acceptors (Lipinski definition) is 1. The average Bonchev–Trinajstić information content (AvgIpc) is 2.56. The van der Waals surface area contributed by atoms with Crippen molar-refractivity contribution >= 4 is 9.04 Å².